The maximum absolute atomic E-state index is 4.66. The number of hydrogen-bond donors (Lipinski definition) is 1. The number of rotatable bonds is 7. The molecule has 4 heteroatoms. The number of thioether (sulfide) groups is 1. The van der Waals surface area contributed by atoms with Gasteiger partial charge in [-0.15, -0.1) is 0 Å². The Bertz CT molecular complexity index is 396. The zero-order chi connectivity index (χ0) is 14.4. The lowest BCUT2D eigenvalue weighted by atomic mass is 9.88. The highest BCUT2D eigenvalue weighted by Gasteiger charge is 2.30. The third-order valence-electron chi connectivity index (χ3n) is 4.66. The van der Waals surface area contributed by atoms with Crippen LogP contribution in [0.3, 0.4) is 0 Å². The minimum Gasteiger partial charge on any atom is -0.310 e. The fourth-order valence-corrected chi connectivity index (χ4v) is 3.92. The summed E-state index contributed by atoms with van der Waals surface area (Å²) in [7, 11) is 0. The third kappa shape index (κ3) is 4.01. The molecule has 0 saturated heterocycles. The maximum atomic E-state index is 4.66. The first-order valence-corrected chi connectivity index (χ1v) is 9.21. The smallest absolute Gasteiger partial charge is 0.0762 e. The number of hydrogen-bond acceptors (Lipinski definition) is 3. The van der Waals surface area contributed by atoms with Gasteiger partial charge >= 0.3 is 0 Å². The summed E-state index contributed by atoms with van der Waals surface area (Å²) in [6.45, 7) is 6.43. The molecule has 0 amide bonds. The van der Waals surface area contributed by atoms with Crippen molar-refractivity contribution >= 4 is 11.8 Å². The Morgan fingerprint density at radius 1 is 1.40 bits per heavy atom. The molecule has 3 nitrogen and oxygen atoms in total. The van der Waals surface area contributed by atoms with E-state index in [-0.39, 0.29) is 0 Å². The number of nitrogens with one attached hydrogen (secondary N) is 1. The van der Waals surface area contributed by atoms with E-state index < -0.39 is 0 Å². The van der Waals surface area contributed by atoms with Crippen LogP contribution in [-0.4, -0.2) is 27.3 Å². The normalized spacial score (nSPS) is 19.9. The number of aromatic nitrogens is 2. The molecule has 1 aromatic heterocycles. The summed E-state index contributed by atoms with van der Waals surface area (Å²) in [4.78, 5) is 0. The van der Waals surface area contributed by atoms with E-state index in [0.29, 0.717) is 10.8 Å². The van der Waals surface area contributed by atoms with E-state index in [4.69, 9.17) is 0 Å². The molecule has 1 heterocycles. The molecule has 1 aromatic rings. The van der Waals surface area contributed by atoms with Gasteiger partial charge in [-0.25, -0.2) is 0 Å². The fraction of sp³-hybridized carbons (Fsp3) is 0.812. The quantitative estimate of drug-likeness (QED) is 0.824. The minimum absolute atomic E-state index is 0.470. The maximum Gasteiger partial charge on any atom is 0.0762 e. The van der Waals surface area contributed by atoms with Crippen LogP contribution >= 0.6 is 11.8 Å². The van der Waals surface area contributed by atoms with Gasteiger partial charge in [-0.1, -0.05) is 26.2 Å². The standard InChI is InChI=1S/C16H29N3S/c1-4-14(2)19-11-8-15(18-19)12-17-13-16(20-3)9-6-5-7-10-16/h8,11,14,17H,4-7,9-10,12-13H2,1-3H3. The third-order valence-corrected chi connectivity index (χ3v) is 6.08. The van der Waals surface area contributed by atoms with Crippen molar-refractivity contribution in [1.29, 1.82) is 0 Å². The summed E-state index contributed by atoms with van der Waals surface area (Å²) < 4.78 is 2.56. The topological polar surface area (TPSA) is 29.9 Å². The van der Waals surface area contributed by atoms with E-state index in [0.717, 1.165) is 25.2 Å². The zero-order valence-corrected chi connectivity index (χ0v) is 14.0. The second-order valence-corrected chi connectivity index (χ2v) is 7.37. The van der Waals surface area contributed by atoms with Crippen molar-refractivity contribution < 1.29 is 0 Å². The highest BCUT2D eigenvalue weighted by molar-refractivity contribution is 8.00. The summed E-state index contributed by atoms with van der Waals surface area (Å²) in [5, 5.41) is 8.30. The molecular weight excluding hydrogens is 266 g/mol. The lowest BCUT2D eigenvalue weighted by molar-refractivity contribution is 0.378. The average Bonchev–Trinajstić information content (AvgIpc) is 2.96. The molecule has 2 rings (SSSR count). The van der Waals surface area contributed by atoms with Gasteiger partial charge in [0.1, 0.15) is 0 Å². The van der Waals surface area contributed by atoms with Gasteiger partial charge in [0.25, 0.3) is 0 Å². The molecule has 1 unspecified atom stereocenters. The van der Waals surface area contributed by atoms with Gasteiger partial charge < -0.3 is 5.32 Å². The van der Waals surface area contributed by atoms with E-state index in [9.17, 15) is 0 Å². The first-order chi connectivity index (χ1) is 9.69. The van der Waals surface area contributed by atoms with E-state index in [1.807, 2.05) is 0 Å². The zero-order valence-electron chi connectivity index (χ0n) is 13.2. The molecule has 20 heavy (non-hydrogen) atoms. The summed E-state index contributed by atoms with van der Waals surface area (Å²) in [5.41, 5.74) is 1.16. The summed E-state index contributed by atoms with van der Waals surface area (Å²) >= 11 is 2.05. The van der Waals surface area contributed by atoms with Gasteiger partial charge in [-0.3, -0.25) is 4.68 Å². The molecule has 1 saturated carbocycles. The second kappa shape index (κ2) is 7.51. The Balaban J connectivity index is 1.81. The van der Waals surface area contributed by atoms with Crippen molar-refractivity contribution in [2.75, 3.05) is 12.8 Å². The van der Waals surface area contributed by atoms with Gasteiger partial charge in [-0.2, -0.15) is 16.9 Å². The Hall–Kier alpha value is -0.480. The lowest BCUT2D eigenvalue weighted by Crippen LogP contribution is -2.39. The molecule has 1 aliphatic rings. The summed E-state index contributed by atoms with van der Waals surface area (Å²) in [6.07, 6.45) is 12.4. The van der Waals surface area contributed by atoms with Crippen LogP contribution in [0.1, 0.15) is 64.1 Å². The Kier molecular flexibility index (Phi) is 5.97. The van der Waals surface area contributed by atoms with Crippen molar-refractivity contribution in [2.24, 2.45) is 0 Å². The largest absolute Gasteiger partial charge is 0.310 e. The fourth-order valence-electron chi connectivity index (χ4n) is 2.97. The minimum atomic E-state index is 0.470. The van der Waals surface area contributed by atoms with Crippen LogP contribution in [0.25, 0.3) is 0 Å². The average molecular weight is 295 g/mol. The highest BCUT2D eigenvalue weighted by Crippen LogP contribution is 2.37. The van der Waals surface area contributed by atoms with E-state index in [1.165, 1.54) is 32.1 Å². The Morgan fingerprint density at radius 3 is 2.80 bits per heavy atom. The van der Waals surface area contributed by atoms with Gasteiger partial charge in [0, 0.05) is 30.1 Å². The molecule has 1 fully saturated rings. The van der Waals surface area contributed by atoms with Crippen LogP contribution in [0.4, 0.5) is 0 Å². The molecule has 114 valence electrons. The Labute approximate surface area is 127 Å². The van der Waals surface area contributed by atoms with Gasteiger partial charge in [0.05, 0.1) is 5.69 Å². The SMILES string of the molecule is CCC(C)n1ccc(CNCC2(SC)CCCCC2)n1. The van der Waals surface area contributed by atoms with E-state index in [1.54, 1.807) is 0 Å². The van der Waals surface area contributed by atoms with E-state index >= 15 is 0 Å². The van der Waals surface area contributed by atoms with Gasteiger partial charge in [0.2, 0.25) is 0 Å². The van der Waals surface area contributed by atoms with Crippen LogP contribution in [0, 0.1) is 0 Å². The van der Waals surface area contributed by atoms with Gasteiger partial charge in [-0.05, 0) is 38.5 Å². The molecule has 1 atom stereocenters. The molecule has 0 aromatic carbocycles. The second-order valence-electron chi connectivity index (χ2n) is 6.10. The first kappa shape index (κ1) is 15.9. The molecule has 0 spiro atoms. The van der Waals surface area contributed by atoms with Crippen molar-refractivity contribution in [2.45, 2.75) is 69.7 Å². The van der Waals surface area contributed by atoms with Crippen LogP contribution in [0.5, 0.6) is 0 Å². The van der Waals surface area contributed by atoms with Crippen molar-refractivity contribution in [3.05, 3.63) is 18.0 Å². The molecule has 0 aliphatic heterocycles. The van der Waals surface area contributed by atoms with Crippen LogP contribution in [-0.2, 0) is 6.54 Å². The molecule has 1 aliphatic carbocycles. The van der Waals surface area contributed by atoms with Crippen LogP contribution < -0.4 is 5.32 Å². The Morgan fingerprint density at radius 2 is 2.15 bits per heavy atom. The van der Waals surface area contributed by atoms with Crippen LogP contribution in [0.2, 0.25) is 0 Å². The van der Waals surface area contributed by atoms with Crippen molar-refractivity contribution in [3.8, 4) is 0 Å². The van der Waals surface area contributed by atoms with Crippen LogP contribution in [0.15, 0.2) is 12.3 Å². The van der Waals surface area contributed by atoms with Crippen molar-refractivity contribution in [3.63, 3.8) is 0 Å². The van der Waals surface area contributed by atoms with Crippen molar-refractivity contribution in [1.82, 2.24) is 15.1 Å². The predicted molar refractivity (Wildman–Crippen MR) is 88.3 cm³/mol. The monoisotopic (exact) mass is 295 g/mol. The predicted octanol–water partition coefficient (Wildman–Crippen LogP) is 4.01. The lowest BCUT2D eigenvalue weighted by Gasteiger charge is -2.36. The summed E-state index contributed by atoms with van der Waals surface area (Å²) in [6, 6.07) is 2.64. The number of nitrogens with zero attached hydrogens (tertiary/aromatic N) is 2. The van der Waals surface area contributed by atoms with E-state index in [2.05, 4.69) is 59.2 Å². The highest BCUT2D eigenvalue weighted by atomic mass is 32.2. The molecule has 1 N–H and O–H groups in total. The summed E-state index contributed by atoms with van der Waals surface area (Å²) in [5.74, 6) is 0. The first-order valence-electron chi connectivity index (χ1n) is 7.99. The molecule has 0 bridgehead atoms. The molecule has 0 radical (unpaired) electrons. The van der Waals surface area contributed by atoms with Gasteiger partial charge in [0.15, 0.2) is 0 Å². The molecular formula is C16H29N3S.